The van der Waals surface area contributed by atoms with Crippen molar-refractivity contribution >= 4 is 28.6 Å². The molecule has 1 saturated carbocycles. The lowest BCUT2D eigenvalue weighted by molar-refractivity contribution is -0.178. The fourth-order valence-corrected chi connectivity index (χ4v) is 2.44. The summed E-state index contributed by atoms with van der Waals surface area (Å²) >= 11 is 5.82. The van der Waals surface area contributed by atoms with Crippen LogP contribution in [0, 0.1) is 0 Å². The highest BCUT2D eigenvalue weighted by molar-refractivity contribution is 6.31. The van der Waals surface area contributed by atoms with E-state index in [2.05, 4.69) is 4.98 Å². The first-order chi connectivity index (χ1) is 8.35. The summed E-state index contributed by atoms with van der Waals surface area (Å²) in [5.74, 6) is -0.123. The van der Waals surface area contributed by atoms with E-state index in [1.165, 1.54) is 6.07 Å². The zero-order chi connectivity index (χ0) is 13.1. The SMILES string of the molecule is Nc1nc2ccc(Cl)cc2n1C1(C(F)(F)F)CC1. The predicted molar refractivity (Wildman–Crippen MR) is 62.4 cm³/mol. The van der Waals surface area contributed by atoms with E-state index in [1.54, 1.807) is 12.1 Å². The molecule has 0 amide bonds. The molecule has 2 aromatic rings. The molecule has 3 nitrogen and oxygen atoms in total. The number of nitrogens with zero attached hydrogens (tertiary/aromatic N) is 2. The van der Waals surface area contributed by atoms with E-state index in [4.69, 9.17) is 17.3 Å². The number of hydrogen-bond donors (Lipinski definition) is 1. The molecule has 0 spiro atoms. The Morgan fingerprint density at radius 1 is 1.33 bits per heavy atom. The minimum absolute atomic E-state index is 0.0265. The third-order valence-electron chi connectivity index (χ3n) is 3.32. The summed E-state index contributed by atoms with van der Waals surface area (Å²) in [5, 5.41) is 0.363. The lowest BCUT2D eigenvalue weighted by Crippen LogP contribution is -2.35. The number of alkyl halides is 3. The smallest absolute Gasteiger partial charge is 0.369 e. The van der Waals surface area contributed by atoms with Crippen molar-refractivity contribution in [2.45, 2.75) is 24.6 Å². The molecule has 7 heteroatoms. The van der Waals surface area contributed by atoms with Crippen molar-refractivity contribution in [1.29, 1.82) is 0 Å². The second-order valence-electron chi connectivity index (χ2n) is 4.47. The van der Waals surface area contributed by atoms with Crippen LogP contribution in [0.15, 0.2) is 18.2 Å². The third kappa shape index (κ3) is 1.41. The Bertz CT molecular complexity index is 628. The van der Waals surface area contributed by atoms with E-state index in [0.717, 1.165) is 4.57 Å². The van der Waals surface area contributed by atoms with Crippen LogP contribution < -0.4 is 5.73 Å². The van der Waals surface area contributed by atoms with E-state index in [-0.39, 0.29) is 18.8 Å². The maximum atomic E-state index is 13.1. The Labute approximate surface area is 105 Å². The molecule has 0 aliphatic heterocycles. The number of aromatic nitrogens is 2. The zero-order valence-electron chi connectivity index (χ0n) is 9.13. The summed E-state index contributed by atoms with van der Waals surface area (Å²) in [5.41, 5.74) is 4.48. The van der Waals surface area contributed by atoms with Crippen LogP contribution in [-0.4, -0.2) is 15.7 Å². The number of rotatable bonds is 1. The lowest BCUT2D eigenvalue weighted by atomic mass is 10.2. The first-order valence-corrected chi connectivity index (χ1v) is 5.74. The van der Waals surface area contributed by atoms with E-state index in [0.29, 0.717) is 16.1 Å². The van der Waals surface area contributed by atoms with Gasteiger partial charge in [-0.15, -0.1) is 0 Å². The van der Waals surface area contributed by atoms with E-state index in [1.807, 2.05) is 0 Å². The molecule has 96 valence electrons. The van der Waals surface area contributed by atoms with Crippen molar-refractivity contribution in [3.05, 3.63) is 23.2 Å². The van der Waals surface area contributed by atoms with Gasteiger partial charge in [-0.2, -0.15) is 13.2 Å². The number of anilines is 1. The number of benzene rings is 1. The monoisotopic (exact) mass is 275 g/mol. The highest BCUT2D eigenvalue weighted by Gasteiger charge is 2.65. The summed E-state index contributed by atoms with van der Waals surface area (Å²) in [4.78, 5) is 3.96. The van der Waals surface area contributed by atoms with Gasteiger partial charge >= 0.3 is 6.18 Å². The normalized spacial score (nSPS) is 18.2. The predicted octanol–water partition coefficient (Wildman–Crippen LogP) is 3.32. The molecular weight excluding hydrogens is 267 g/mol. The average molecular weight is 276 g/mol. The topological polar surface area (TPSA) is 43.8 Å². The van der Waals surface area contributed by atoms with Crippen LogP contribution in [0.1, 0.15) is 12.8 Å². The van der Waals surface area contributed by atoms with Crippen molar-refractivity contribution in [3.8, 4) is 0 Å². The van der Waals surface area contributed by atoms with Crippen LogP contribution in [-0.2, 0) is 5.54 Å². The highest BCUT2D eigenvalue weighted by Crippen LogP contribution is 2.57. The Hall–Kier alpha value is -1.43. The number of nitrogens with two attached hydrogens (primary N) is 1. The second kappa shape index (κ2) is 3.32. The number of halogens is 4. The van der Waals surface area contributed by atoms with Crippen LogP contribution in [0.2, 0.25) is 5.02 Å². The maximum absolute atomic E-state index is 13.1. The zero-order valence-corrected chi connectivity index (χ0v) is 9.89. The number of fused-ring (bicyclic) bond motifs is 1. The third-order valence-corrected chi connectivity index (χ3v) is 3.56. The molecule has 0 radical (unpaired) electrons. The van der Waals surface area contributed by atoms with Crippen molar-refractivity contribution in [1.82, 2.24) is 9.55 Å². The Morgan fingerprint density at radius 2 is 2.00 bits per heavy atom. The van der Waals surface area contributed by atoms with Crippen LogP contribution in [0.3, 0.4) is 0 Å². The fraction of sp³-hybridized carbons (Fsp3) is 0.364. The molecule has 1 aliphatic carbocycles. The van der Waals surface area contributed by atoms with Gasteiger partial charge in [-0.25, -0.2) is 4.98 Å². The van der Waals surface area contributed by atoms with Gasteiger partial charge < -0.3 is 5.73 Å². The van der Waals surface area contributed by atoms with Gasteiger partial charge in [0.2, 0.25) is 5.95 Å². The van der Waals surface area contributed by atoms with Gasteiger partial charge in [-0.05, 0) is 31.0 Å². The summed E-state index contributed by atoms with van der Waals surface area (Å²) in [6, 6.07) is 4.61. The molecule has 2 N–H and O–H groups in total. The van der Waals surface area contributed by atoms with Crippen molar-refractivity contribution in [2.75, 3.05) is 5.73 Å². The molecule has 1 aromatic heterocycles. The molecule has 1 fully saturated rings. The lowest BCUT2D eigenvalue weighted by Gasteiger charge is -2.22. The van der Waals surface area contributed by atoms with E-state index >= 15 is 0 Å². The minimum Gasteiger partial charge on any atom is -0.369 e. The molecule has 0 bridgehead atoms. The van der Waals surface area contributed by atoms with Crippen LogP contribution >= 0.6 is 11.6 Å². The molecular formula is C11H9ClF3N3. The first-order valence-electron chi connectivity index (χ1n) is 5.36. The Morgan fingerprint density at radius 3 is 2.56 bits per heavy atom. The molecule has 1 heterocycles. The standard InChI is InChI=1S/C11H9ClF3N3/c12-6-1-2-7-8(5-6)18(9(16)17-7)10(3-4-10)11(13,14)15/h1-2,5H,3-4H2,(H2,16,17). The molecule has 1 aromatic carbocycles. The molecule has 0 atom stereocenters. The number of imidazole rings is 1. The molecule has 0 saturated heterocycles. The molecule has 1 aliphatic rings. The van der Waals surface area contributed by atoms with Crippen LogP contribution in [0.25, 0.3) is 11.0 Å². The van der Waals surface area contributed by atoms with Crippen LogP contribution in [0.4, 0.5) is 19.1 Å². The number of hydrogen-bond acceptors (Lipinski definition) is 2. The van der Waals surface area contributed by atoms with Gasteiger partial charge in [0.1, 0.15) is 5.54 Å². The van der Waals surface area contributed by atoms with Gasteiger partial charge in [-0.3, -0.25) is 4.57 Å². The quantitative estimate of drug-likeness (QED) is 0.867. The highest BCUT2D eigenvalue weighted by atomic mass is 35.5. The summed E-state index contributed by atoms with van der Waals surface area (Å²) < 4.78 is 40.5. The summed E-state index contributed by atoms with van der Waals surface area (Å²) in [7, 11) is 0. The number of nitrogen functional groups attached to an aromatic ring is 1. The Balaban J connectivity index is 2.29. The van der Waals surface area contributed by atoms with E-state index in [9.17, 15) is 13.2 Å². The first kappa shape index (κ1) is 11.6. The van der Waals surface area contributed by atoms with Gasteiger partial charge in [-0.1, -0.05) is 11.6 Å². The van der Waals surface area contributed by atoms with Gasteiger partial charge in [0, 0.05) is 5.02 Å². The summed E-state index contributed by atoms with van der Waals surface area (Å²) in [6.45, 7) is 0. The van der Waals surface area contributed by atoms with Crippen LogP contribution in [0.5, 0.6) is 0 Å². The van der Waals surface area contributed by atoms with Gasteiger partial charge in [0.25, 0.3) is 0 Å². The summed E-state index contributed by atoms with van der Waals surface area (Å²) in [6.07, 6.45) is -4.28. The molecule has 18 heavy (non-hydrogen) atoms. The van der Waals surface area contributed by atoms with E-state index < -0.39 is 11.7 Å². The second-order valence-corrected chi connectivity index (χ2v) is 4.90. The van der Waals surface area contributed by atoms with Gasteiger partial charge in [0.05, 0.1) is 11.0 Å². The minimum atomic E-state index is -4.34. The van der Waals surface area contributed by atoms with Gasteiger partial charge in [0.15, 0.2) is 0 Å². The average Bonchev–Trinajstić information content (AvgIpc) is 2.98. The molecule has 3 rings (SSSR count). The fourth-order valence-electron chi connectivity index (χ4n) is 2.27. The van der Waals surface area contributed by atoms with Crippen molar-refractivity contribution in [3.63, 3.8) is 0 Å². The van der Waals surface area contributed by atoms with Crippen molar-refractivity contribution < 1.29 is 13.2 Å². The Kier molecular flexibility index (Phi) is 2.15. The van der Waals surface area contributed by atoms with Crippen molar-refractivity contribution in [2.24, 2.45) is 0 Å². The molecule has 0 unspecified atom stereocenters. The largest absolute Gasteiger partial charge is 0.412 e. The maximum Gasteiger partial charge on any atom is 0.412 e.